The van der Waals surface area contributed by atoms with Crippen LogP contribution in [0.15, 0.2) is 4.99 Å². The molecule has 0 unspecified atom stereocenters. The van der Waals surface area contributed by atoms with Crippen LogP contribution in [0.4, 0.5) is 0 Å². The lowest BCUT2D eigenvalue weighted by Gasteiger charge is -2.04. The van der Waals surface area contributed by atoms with E-state index in [2.05, 4.69) is 4.99 Å². The molecule has 0 fully saturated rings. The molecular weight excluding hydrogens is 206 g/mol. The first-order valence-corrected chi connectivity index (χ1v) is 5.87. The first-order valence-electron chi connectivity index (χ1n) is 4.05. The maximum atomic E-state index is 11.2. The molecule has 0 aliphatic rings. The molecule has 7 heteroatoms. The van der Waals surface area contributed by atoms with Gasteiger partial charge in [0.15, 0.2) is 9.84 Å². The minimum absolute atomic E-state index is 0.107. The van der Waals surface area contributed by atoms with Crippen molar-refractivity contribution in [2.75, 3.05) is 18.1 Å². The molecule has 4 N–H and O–H groups in total. The third-order valence-electron chi connectivity index (χ3n) is 1.38. The van der Waals surface area contributed by atoms with Gasteiger partial charge in [-0.05, 0) is 6.92 Å². The summed E-state index contributed by atoms with van der Waals surface area (Å²) in [7, 11) is -3.31. The average molecular weight is 221 g/mol. The molecule has 0 saturated heterocycles. The lowest BCUT2D eigenvalue weighted by molar-refractivity contribution is -0.108. The summed E-state index contributed by atoms with van der Waals surface area (Å²) < 4.78 is 22.5. The van der Waals surface area contributed by atoms with Gasteiger partial charge < -0.3 is 16.3 Å². The van der Waals surface area contributed by atoms with E-state index in [4.69, 9.17) is 11.5 Å². The zero-order valence-corrected chi connectivity index (χ0v) is 8.83. The van der Waals surface area contributed by atoms with Crippen LogP contribution in [0.5, 0.6) is 0 Å². The minimum atomic E-state index is -3.31. The smallest absolute Gasteiger partial charge is 0.154 e. The molecule has 0 aliphatic heterocycles. The monoisotopic (exact) mass is 221 g/mol. The molecule has 82 valence electrons. The summed E-state index contributed by atoms with van der Waals surface area (Å²) in [6.45, 7) is 1.68. The standard InChI is InChI=1S/C7H15N3O3S/c1-6(8)10-2-3-14(12,13)5-7(9)4-11/h4,7H,2-3,5,9H2,1H3,(H2,8,10)/t7-/m1/s1. The molecule has 14 heavy (non-hydrogen) atoms. The average Bonchev–Trinajstić information content (AvgIpc) is 2.02. The number of aliphatic imine (C=N–C) groups is 1. The van der Waals surface area contributed by atoms with Gasteiger partial charge in [-0.25, -0.2) is 8.42 Å². The van der Waals surface area contributed by atoms with Crippen molar-refractivity contribution in [3.8, 4) is 0 Å². The van der Waals surface area contributed by atoms with Crippen LogP contribution in [0, 0.1) is 0 Å². The molecule has 0 aromatic carbocycles. The molecule has 0 heterocycles. The predicted molar refractivity (Wildman–Crippen MR) is 54.9 cm³/mol. The molecule has 0 bridgehead atoms. The molecule has 0 aliphatic carbocycles. The van der Waals surface area contributed by atoms with E-state index in [0.29, 0.717) is 12.1 Å². The van der Waals surface area contributed by atoms with Crippen molar-refractivity contribution < 1.29 is 13.2 Å². The van der Waals surface area contributed by atoms with Crippen molar-refractivity contribution in [2.45, 2.75) is 13.0 Å². The molecule has 0 radical (unpaired) electrons. The molecule has 0 rings (SSSR count). The van der Waals surface area contributed by atoms with Crippen LogP contribution >= 0.6 is 0 Å². The van der Waals surface area contributed by atoms with Crippen molar-refractivity contribution in [1.82, 2.24) is 0 Å². The lowest BCUT2D eigenvalue weighted by atomic mass is 10.4. The number of sulfone groups is 1. The van der Waals surface area contributed by atoms with Gasteiger partial charge in [0, 0.05) is 0 Å². The molecule has 1 atom stereocenters. The Labute approximate surface area is 83.3 Å². The van der Waals surface area contributed by atoms with E-state index in [1.807, 2.05) is 0 Å². The van der Waals surface area contributed by atoms with Crippen molar-refractivity contribution in [3.63, 3.8) is 0 Å². The summed E-state index contributed by atoms with van der Waals surface area (Å²) >= 11 is 0. The van der Waals surface area contributed by atoms with Gasteiger partial charge in [-0.3, -0.25) is 4.99 Å². The Balaban J connectivity index is 4.09. The second-order valence-electron chi connectivity index (χ2n) is 2.94. The number of nitrogens with two attached hydrogens (primary N) is 2. The third-order valence-corrected chi connectivity index (χ3v) is 3.08. The molecule has 0 saturated carbocycles. The van der Waals surface area contributed by atoms with Crippen LogP contribution in [0.25, 0.3) is 0 Å². The van der Waals surface area contributed by atoms with Crippen molar-refractivity contribution >= 4 is 22.0 Å². The van der Waals surface area contributed by atoms with E-state index in [1.54, 1.807) is 6.92 Å². The quantitative estimate of drug-likeness (QED) is 0.315. The van der Waals surface area contributed by atoms with E-state index < -0.39 is 15.9 Å². The normalized spacial score (nSPS) is 15.1. The lowest BCUT2D eigenvalue weighted by Crippen LogP contribution is -2.32. The van der Waals surface area contributed by atoms with Gasteiger partial charge in [-0.1, -0.05) is 0 Å². The molecule has 0 aromatic rings. The van der Waals surface area contributed by atoms with Gasteiger partial charge in [-0.15, -0.1) is 0 Å². The first-order chi connectivity index (χ1) is 6.37. The van der Waals surface area contributed by atoms with Gasteiger partial charge in [0.2, 0.25) is 0 Å². The number of rotatable bonds is 6. The molecular formula is C7H15N3O3S. The van der Waals surface area contributed by atoms with E-state index in [-0.39, 0.29) is 18.1 Å². The van der Waals surface area contributed by atoms with Crippen molar-refractivity contribution in [3.05, 3.63) is 0 Å². The second kappa shape index (κ2) is 5.71. The van der Waals surface area contributed by atoms with Crippen LogP contribution in [0.1, 0.15) is 6.92 Å². The summed E-state index contributed by atoms with van der Waals surface area (Å²) in [5.74, 6) is -0.140. The topological polar surface area (TPSA) is 116 Å². The van der Waals surface area contributed by atoms with Crippen molar-refractivity contribution in [2.24, 2.45) is 16.5 Å². The summed E-state index contributed by atoms with van der Waals surface area (Å²) in [6, 6.07) is -0.956. The summed E-state index contributed by atoms with van der Waals surface area (Å²) in [6.07, 6.45) is 0.412. The number of nitrogens with zero attached hydrogens (tertiary/aromatic N) is 1. The summed E-state index contributed by atoms with van der Waals surface area (Å²) in [4.78, 5) is 13.9. The molecule has 0 spiro atoms. The maximum Gasteiger partial charge on any atom is 0.154 e. The SMILES string of the molecule is CC(N)=NCCS(=O)(=O)C[C@H](N)C=O. The van der Waals surface area contributed by atoms with Gasteiger partial charge >= 0.3 is 0 Å². The Morgan fingerprint density at radius 2 is 2.14 bits per heavy atom. The number of aldehydes is 1. The summed E-state index contributed by atoms with van der Waals surface area (Å²) in [5, 5.41) is 0. The second-order valence-corrected chi connectivity index (χ2v) is 5.17. The van der Waals surface area contributed by atoms with Crippen LogP contribution < -0.4 is 11.5 Å². The Bertz CT molecular complexity index is 306. The highest BCUT2D eigenvalue weighted by atomic mass is 32.2. The minimum Gasteiger partial charge on any atom is -0.388 e. The van der Waals surface area contributed by atoms with E-state index in [0.717, 1.165) is 0 Å². The zero-order valence-electron chi connectivity index (χ0n) is 8.01. The van der Waals surface area contributed by atoms with Crippen LogP contribution in [0.2, 0.25) is 0 Å². The van der Waals surface area contributed by atoms with Gasteiger partial charge in [0.05, 0.1) is 29.9 Å². The Kier molecular flexibility index (Phi) is 5.32. The van der Waals surface area contributed by atoms with E-state index in [9.17, 15) is 13.2 Å². The molecule has 0 aromatic heterocycles. The predicted octanol–water partition coefficient (Wildman–Crippen LogP) is -1.70. The van der Waals surface area contributed by atoms with Gasteiger partial charge in [0.25, 0.3) is 0 Å². The number of amidine groups is 1. The molecule has 0 amide bonds. The largest absolute Gasteiger partial charge is 0.388 e. The Hall–Kier alpha value is -0.950. The van der Waals surface area contributed by atoms with Crippen LogP contribution in [-0.2, 0) is 14.6 Å². The fourth-order valence-electron chi connectivity index (χ4n) is 0.777. The zero-order chi connectivity index (χ0) is 11.2. The Morgan fingerprint density at radius 1 is 1.57 bits per heavy atom. The summed E-state index contributed by atoms with van der Waals surface area (Å²) in [5.41, 5.74) is 10.4. The number of carbonyl (C=O) groups excluding carboxylic acids is 1. The highest BCUT2D eigenvalue weighted by Gasteiger charge is 2.14. The van der Waals surface area contributed by atoms with Crippen molar-refractivity contribution in [1.29, 1.82) is 0 Å². The highest BCUT2D eigenvalue weighted by Crippen LogP contribution is 1.92. The highest BCUT2D eigenvalue weighted by molar-refractivity contribution is 7.91. The fraction of sp³-hybridized carbons (Fsp3) is 0.714. The van der Waals surface area contributed by atoms with Crippen LogP contribution in [0.3, 0.4) is 0 Å². The Morgan fingerprint density at radius 3 is 2.57 bits per heavy atom. The van der Waals surface area contributed by atoms with Crippen LogP contribution in [-0.4, -0.2) is 44.6 Å². The first kappa shape index (κ1) is 13.1. The third kappa shape index (κ3) is 6.55. The molecule has 6 nitrogen and oxygen atoms in total. The maximum absolute atomic E-state index is 11.2. The number of hydrogen-bond acceptors (Lipinski definition) is 5. The van der Waals surface area contributed by atoms with Gasteiger partial charge in [-0.2, -0.15) is 0 Å². The van der Waals surface area contributed by atoms with E-state index >= 15 is 0 Å². The fourth-order valence-corrected chi connectivity index (χ4v) is 1.98. The van der Waals surface area contributed by atoms with Gasteiger partial charge in [0.1, 0.15) is 6.29 Å². The number of hydrogen-bond donors (Lipinski definition) is 2. The van der Waals surface area contributed by atoms with E-state index in [1.165, 1.54) is 0 Å². The number of carbonyl (C=O) groups is 1.